The molecule has 4 nitrogen and oxygen atoms in total. The second-order valence-electron chi connectivity index (χ2n) is 3.75. The van der Waals surface area contributed by atoms with Crippen molar-refractivity contribution in [1.82, 2.24) is 0 Å². The number of hydrogen-bond donors (Lipinski definition) is 3. The molecule has 1 aliphatic rings. The highest BCUT2D eigenvalue weighted by atomic mass is 35.5. The van der Waals surface area contributed by atoms with Crippen LogP contribution in [0.4, 0.5) is 5.69 Å². The van der Waals surface area contributed by atoms with Gasteiger partial charge >= 0.3 is 0 Å². The number of halogens is 2. The van der Waals surface area contributed by atoms with Gasteiger partial charge in [-0.05, 0) is 25.0 Å². The van der Waals surface area contributed by atoms with Crippen LogP contribution in [0.1, 0.15) is 12.8 Å². The molecule has 1 amide bonds. The van der Waals surface area contributed by atoms with Crippen LogP contribution >= 0.6 is 24.0 Å². The summed E-state index contributed by atoms with van der Waals surface area (Å²) in [5.41, 5.74) is 5.24. The third-order valence-corrected chi connectivity index (χ3v) is 2.78. The Labute approximate surface area is 104 Å². The Morgan fingerprint density at radius 2 is 2.12 bits per heavy atom. The van der Waals surface area contributed by atoms with Gasteiger partial charge in [0.05, 0.1) is 16.2 Å². The van der Waals surface area contributed by atoms with Gasteiger partial charge in [0, 0.05) is 0 Å². The van der Waals surface area contributed by atoms with E-state index in [4.69, 9.17) is 17.3 Å². The number of phenolic OH excluding ortho intramolecular Hbond substituents is 1. The highest BCUT2D eigenvalue weighted by Crippen LogP contribution is 2.36. The number of para-hydroxylation sites is 1. The second kappa shape index (κ2) is 4.49. The molecule has 0 unspecified atom stereocenters. The number of benzene rings is 1. The van der Waals surface area contributed by atoms with E-state index in [-0.39, 0.29) is 29.1 Å². The van der Waals surface area contributed by atoms with Gasteiger partial charge in [-0.15, -0.1) is 12.4 Å². The predicted octanol–water partition coefficient (Wildman–Crippen LogP) is 1.90. The molecule has 1 aromatic rings. The van der Waals surface area contributed by atoms with E-state index < -0.39 is 5.54 Å². The molecule has 2 rings (SSSR count). The van der Waals surface area contributed by atoms with Gasteiger partial charge in [0.15, 0.2) is 5.75 Å². The molecular formula is C10H12Cl2N2O2. The highest BCUT2D eigenvalue weighted by Gasteiger charge is 2.46. The fraction of sp³-hybridized carbons (Fsp3) is 0.300. The van der Waals surface area contributed by atoms with Crippen molar-refractivity contribution in [1.29, 1.82) is 0 Å². The lowest BCUT2D eigenvalue weighted by atomic mass is 10.2. The third kappa shape index (κ3) is 2.40. The molecular weight excluding hydrogens is 251 g/mol. The Bertz CT molecular complexity index is 419. The Balaban J connectivity index is 0.00000128. The molecule has 0 bridgehead atoms. The van der Waals surface area contributed by atoms with Gasteiger partial charge in [-0.25, -0.2) is 0 Å². The fourth-order valence-corrected chi connectivity index (χ4v) is 1.40. The smallest absolute Gasteiger partial charge is 0.244 e. The van der Waals surface area contributed by atoms with Gasteiger partial charge in [0.1, 0.15) is 0 Å². The zero-order valence-corrected chi connectivity index (χ0v) is 9.94. The number of rotatable bonds is 2. The third-order valence-electron chi connectivity index (χ3n) is 2.48. The normalized spacial score (nSPS) is 16.1. The van der Waals surface area contributed by atoms with Gasteiger partial charge < -0.3 is 16.2 Å². The largest absolute Gasteiger partial charge is 0.504 e. The van der Waals surface area contributed by atoms with Gasteiger partial charge in [0.2, 0.25) is 5.91 Å². The van der Waals surface area contributed by atoms with E-state index in [0.29, 0.717) is 18.5 Å². The van der Waals surface area contributed by atoms with Crippen LogP contribution in [-0.4, -0.2) is 16.6 Å². The summed E-state index contributed by atoms with van der Waals surface area (Å²) in [6.45, 7) is 0. The van der Waals surface area contributed by atoms with Crippen molar-refractivity contribution < 1.29 is 9.90 Å². The summed E-state index contributed by atoms with van der Waals surface area (Å²) in [5, 5.41) is 12.3. The summed E-state index contributed by atoms with van der Waals surface area (Å²) >= 11 is 5.69. The van der Waals surface area contributed by atoms with Gasteiger partial charge in [-0.2, -0.15) is 0 Å². The average Bonchev–Trinajstić information content (AvgIpc) is 2.93. The summed E-state index contributed by atoms with van der Waals surface area (Å²) in [4.78, 5) is 11.6. The van der Waals surface area contributed by atoms with Crippen molar-refractivity contribution in [2.45, 2.75) is 18.4 Å². The number of phenols is 1. The maximum Gasteiger partial charge on any atom is 0.244 e. The molecule has 4 N–H and O–H groups in total. The Morgan fingerprint density at radius 3 is 2.69 bits per heavy atom. The van der Waals surface area contributed by atoms with Crippen LogP contribution in [0.15, 0.2) is 18.2 Å². The molecule has 0 atom stereocenters. The maximum absolute atomic E-state index is 11.6. The molecule has 16 heavy (non-hydrogen) atoms. The lowest BCUT2D eigenvalue weighted by molar-refractivity contribution is -0.118. The van der Waals surface area contributed by atoms with Crippen molar-refractivity contribution in [3.05, 3.63) is 23.2 Å². The van der Waals surface area contributed by atoms with Crippen molar-refractivity contribution >= 4 is 35.6 Å². The number of carbonyl (C=O) groups is 1. The summed E-state index contributed by atoms with van der Waals surface area (Å²) in [7, 11) is 0. The molecule has 1 aliphatic carbocycles. The minimum absolute atomic E-state index is 0. The SMILES string of the molecule is Cl.NC1(C(=O)Nc2cccc(Cl)c2O)CC1. The first-order valence-electron chi connectivity index (χ1n) is 4.61. The van der Waals surface area contributed by atoms with E-state index in [0.717, 1.165) is 0 Å². The van der Waals surface area contributed by atoms with E-state index in [1.54, 1.807) is 18.2 Å². The first kappa shape index (κ1) is 13.1. The van der Waals surface area contributed by atoms with Gasteiger partial charge in [-0.3, -0.25) is 4.79 Å². The second-order valence-corrected chi connectivity index (χ2v) is 4.15. The van der Waals surface area contributed by atoms with Crippen molar-refractivity contribution in [3.63, 3.8) is 0 Å². The van der Waals surface area contributed by atoms with Gasteiger partial charge in [0.25, 0.3) is 0 Å². The first-order chi connectivity index (χ1) is 7.03. The van der Waals surface area contributed by atoms with Crippen molar-refractivity contribution in [2.24, 2.45) is 5.73 Å². The number of hydrogen-bond acceptors (Lipinski definition) is 3. The summed E-state index contributed by atoms with van der Waals surface area (Å²) in [6.07, 6.45) is 1.36. The average molecular weight is 263 g/mol. The molecule has 0 radical (unpaired) electrons. The zero-order valence-electron chi connectivity index (χ0n) is 8.37. The van der Waals surface area contributed by atoms with Crippen LogP contribution in [0.2, 0.25) is 5.02 Å². The summed E-state index contributed by atoms with van der Waals surface area (Å²) < 4.78 is 0. The predicted molar refractivity (Wildman–Crippen MR) is 65.1 cm³/mol. The molecule has 0 aromatic heterocycles. The number of amides is 1. The highest BCUT2D eigenvalue weighted by molar-refractivity contribution is 6.32. The number of carbonyl (C=O) groups excluding carboxylic acids is 1. The van der Waals surface area contributed by atoms with Crippen LogP contribution < -0.4 is 11.1 Å². The van der Waals surface area contributed by atoms with Gasteiger partial charge in [-0.1, -0.05) is 17.7 Å². The molecule has 1 aromatic carbocycles. The van der Waals surface area contributed by atoms with Crippen LogP contribution in [-0.2, 0) is 4.79 Å². The molecule has 6 heteroatoms. The lowest BCUT2D eigenvalue weighted by Crippen LogP contribution is -2.37. The summed E-state index contributed by atoms with van der Waals surface area (Å²) in [6, 6.07) is 4.76. The fourth-order valence-electron chi connectivity index (χ4n) is 1.22. The minimum Gasteiger partial charge on any atom is -0.504 e. The van der Waals surface area contributed by atoms with Crippen molar-refractivity contribution in [2.75, 3.05) is 5.32 Å². The molecule has 0 spiro atoms. The summed E-state index contributed by atoms with van der Waals surface area (Å²) in [5.74, 6) is -0.406. The van der Waals surface area contributed by atoms with Crippen LogP contribution in [0.25, 0.3) is 0 Å². The van der Waals surface area contributed by atoms with Crippen molar-refractivity contribution in [3.8, 4) is 5.75 Å². The maximum atomic E-state index is 11.6. The number of nitrogens with one attached hydrogen (secondary N) is 1. The first-order valence-corrected chi connectivity index (χ1v) is 4.98. The molecule has 1 saturated carbocycles. The number of aromatic hydroxyl groups is 1. The van der Waals surface area contributed by atoms with E-state index in [1.807, 2.05) is 0 Å². The van der Waals surface area contributed by atoms with Crippen LogP contribution in [0, 0.1) is 0 Å². The number of nitrogens with two attached hydrogens (primary N) is 1. The van der Waals surface area contributed by atoms with Crippen LogP contribution in [0.5, 0.6) is 5.75 Å². The Morgan fingerprint density at radius 1 is 1.50 bits per heavy atom. The molecule has 0 aliphatic heterocycles. The quantitative estimate of drug-likeness (QED) is 0.713. The van der Waals surface area contributed by atoms with E-state index in [9.17, 15) is 9.90 Å². The Hall–Kier alpha value is -0.970. The molecule has 0 saturated heterocycles. The topological polar surface area (TPSA) is 75.4 Å². The van der Waals surface area contributed by atoms with E-state index in [2.05, 4.69) is 5.32 Å². The minimum atomic E-state index is -0.755. The molecule has 88 valence electrons. The van der Waals surface area contributed by atoms with E-state index >= 15 is 0 Å². The molecule has 0 heterocycles. The monoisotopic (exact) mass is 262 g/mol. The zero-order chi connectivity index (χ0) is 11.1. The van der Waals surface area contributed by atoms with Crippen LogP contribution in [0.3, 0.4) is 0 Å². The lowest BCUT2D eigenvalue weighted by Gasteiger charge is -2.11. The van der Waals surface area contributed by atoms with E-state index in [1.165, 1.54) is 0 Å². The standard InChI is InChI=1S/C10H11ClN2O2.ClH/c11-6-2-1-3-7(8(6)14)13-9(15)10(12)4-5-10;/h1-3,14H,4-5,12H2,(H,13,15);1H. The molecule has 1 fully saturated rings. The Kier molecular flexibility index (Phi) is 3.68. The number of anilines is 1.